The summed E-state index contributed by atoms with van der Waals surface area (Å²) >= 11 is 0. The summed E-state index contributed by atoms with van der Waals surface area (Å²) in [5.74, 6) is -2.38. The van der Waals surface area contributed by atoms with Gasteiger partial charge in [0, 0.05) is 18.7 Å². The van der Waals surface area contributed by atoms with Crippen molar-refractivity contribution in [2.24, 2.45) is 0 Å². The monoisotopic (exact) mass is 333 g/mol. The zero-order valence-corrected chi connectivity index (χ0v) is 13.5. The van der Waals surface area contributed by atoms with Gasteiger partial charge in [-0.1, -0.05) is 6.07 Å². The molecule has 3 N–H and O–H groups in total. The van der Waals surface area contributed by atoms with E-state index in [1.165, 1.54) is 6.92 Å². The second-order valence-corrected chi connectivity index (χ2v) is 5.45. The van der Waals surface area contributed by atoms with Crippen LogP contribution in [0, 0.1) is 25.5 Å². The van der Waals surface area contributed by atoms with E-state index in [2.05, 4.69) is 16.0 Å². The minimum absolute atomic E-state index is 0.217. The third-order valence-corrected chi connectivity index (χ3v) is 3.10. The molecule has 0 saturated heterocycles. The van der Waals surface area contributed by atoms with E-state index in [4.69, 9.17) is 0 Å². The first-order valence-electron chi connectivity index (χ1n) is 7.17. The van der Waals surface area contributed by atoms with Crippen LogP contribution in [0.3, 0.4) is 0 Å². The van der Waals surface area contributed by atoms with E-state index in [-0.39, 0.29) is 11.4 Å². The fourth-order valence-corrected chi connectivity index (χ4v) is 2.26. The average molecular weight is 333 g/mol. The van der Waals surface area contributed by atoms with Gasteiger partial charge in [0.25, 0.3) is 0 Å². The molecule has 7 heteroatoms. The second-order valence-electron chi connectivity index (χ2n) is 5.45. The lowest BCUT2D eigenvalue weighted by atomic mass is 10.1. The Balaban J connectivity index is 2.17. The van der Waals surface area contributed by atoms with Crippen molar-refractivity contribution in [3.8, 4) is 0 Å². The van der Waals surface area contributed by atoms with Crippen LogP contribution in [0.4, 0.5) is 30.6 Å². The van der Waals surface area contributed by atoms with Crippen LogP contribution in [0.2, 0.25) is 0 Å². The highest BCUT2D eigenvalue weighted by molar-refractivity contribution is 6.00. The molecular formula is C17H17F2N3O2. The van der Waals surface area contributed by atoms with Crippen molar-refractivity contribution in [3.05, 3.63) is 53.1 Å². The van der Waals surface area contributed by atoms with Gasteiger partial charge in [-0.2, -0.15) is 0 Å². The third kappa shape index (κ3) is 4.52. The Hall–Kier alpha value is -2.96. The number of hydrogen-bond acceptors (Lipinski definition) is 2. The zero-order valence-electron chi connectivity index (χ0n) is 13.5. The number of urea groups is 1. The van der Waals surface area contributed by atoms with E-state index < -0.39 is 23.6 Å². The van der Waals surface area contributed by atoms with Crippen LogP contribution in [-0.2, 0) is 4.79 Å². The number of carbonyl (C=O) groups is 2. The summed E-state index contributed by atoms with van der Waals surface area (Å²) in [4.78, 5) is 23.0. The molecule has 2 rings (SSSR count). The van der Waals surface area contributed by atoms with Crippen LogP contribution in [0.25, 0.3) is 0 Å². The van der Waals surface area contributed by atoms with Crippen molar-refractivity contribution in [3.63, 3.8) is 0 Å². The topological polar surface area (TPSA) is 70.2 Å². The maximum Gasteiger partial charge on any atom is 0.323 e. The number of anilines is 3. The van der Waals surface area contributed by atoms with Crippen LogP contribution in [-0.4, -0.2) is 11.9 Å². The minimum atomic E-state index is -0.947. The van der Waals surface area contributed by atoms with E-state index in [1.54, 1.807) is 12.1 Å². The van der Waals surface area contributed by atoms with Crippen molar-refractivity contribution < 1.29 is 18.4 Å². The quantitative estimate of drug-likeness (QED) is 0.788. The molecule has 0 aliphatic rings. The Morgan fingerprint density at radius 1 is 0.792 bits per heavy atom. The Kier molecular flexibility index (Phi) is 5.13. The Morgan fingerprint density at radius 2 is 1.33 bits per heavy atom. The minimum Gasteiger partial charge on any atom is -0.324 e. The molecule has 0 atom stereocenters. The average Bonchev–Trinajstić information content (AvgIpc) is 2.42. The molecule has 0 heterocycles. The van der Waals surface area contributed by atoms with Crippen molar-refractivity contribution in [2.45, 2.75) is 20.8 Å². The molecule has 3 amide bonds. The normalized spacial score (nSPS) is 10.2. The summed E-state index contributed by atoms with van der Waals surface area (Å²) in [6, 6.07) is 6.40. The summed E-state index contributed by atoms with van der Waals surface area (Å²) in [5.41, 5.74) is 2.01. The molecule has 0 radical (unpaired) electrons. The number of rotatable bonds is 3. The van der Waals surface area contributed by atoms with E-state index in [0.717, 1.165) is 17.2 Å². The van der Waals surface area contributed by atoms with E-state index in [0.29, 0.717) is 11.8 Å². The summed E-state index contributed by atoms with van der Waals surface area (Å²) in [6.45, 7) is 4.97. The Bertz CT molecular complexity index is 786. The van der Waals surface area contributed by atoms with Crippen molar-refractivity contribution in [1.29, 1.82) is 0 Å². The predicted octanol–water partition coefficient (Wildman–Crippen LogP) is 4.18. The summed E-state index contributed by atoms with van der Waals surface area (Å²) in [6.07, 6.45) is 0. The van der Waals surface area contributed by atoms with Gasteiger partial charge in [-0.05, 0) is 43.2 Å². The van der Waals surface area contributed by atoms with Crippen LogP contribution in [0.5, 0.6) is 0 Å². The molecule has 5 nitrogen and oxygen atoms in total. The van der Waals surface area contributed by atoms with Crippen molar-refractivity contribution in [2.75, 3.05) is 16.0 Å². The largest absolute Gasteiger partial charge is 0.324 e. The molecule has 126 valence electrons. The molecule has 2 aromatic carbocycles. The van der Waals surface area contributed by atoms with Gasteiger partial charge in [0.1, 0.15) is 11.6 Å². The van der Waals surface area contributed by atoms with Gasteiger partial charge in [-0.3, -0.25) is 4.79 Å². The summed E-state index contributed by atoms with van der Waals surface area (Å²) in [5, 5.41) is 7.10. The van der Waals surface area contributed by atoms with Gasteiger partial charge in [0.15, 0.2) is 0 Å². The lowest BCUT2D eigenvalue weighted by molar-refractivity contribution is -0.114. The van der Waals surface area contributed by atoms with Crippen LogP contribution in [0.15, 0.2) is 30.3 Å². The van der Waals surface area contributed by atoms with Gasteiger partial charge in [0.05, 0.1) is 11.4 Å². The number of hydrogen-bond donors (Lipinski definition) is 3. The Labute approximate surface area is 138 Å². The zero-order chi connectivity index (χ0) is 17.9. The molecule has 0 spiro atoms. The lowest BCUT2D eigenvalue weighted by Crippen LogP contribution is -2.20. The predicted molar refractivity (Wildman–Crippen MR) is 89.2 cm³/mol. The molecule has 0 aliphatic heterocycles. The van der Waals surface area contributed by atoms with Crippen LogP contribution < -0.4 is 16.0 Å². The first kappa shape index (κ1) is 17.4. The Morgan fingerprint density at radius 3 is 1.88 bits per heavy atom. The summed E-state index contributed by atoms with van der Waals surface area (Å²) < 4.78 is 27.4. The highest BCUT2D eigenvalue weighted by atomic mass is 19.1. The number of aryl methyl sites for hydroxylation is 2. The molecule has 24 heavy (non-hydrogen) atoms. The van der Waals surface area contributed by atoms with Crippen LogP contribution >= 0.6 is 0 Å². The fraction of sp³-hybridized carbons (Fsp3) is 0.176. The van der Waals surface area contributed by atoms with E-state index in [1.807, 2.05) is 19.9 Å². The van der Waals surface area contributed by atoms with Gasteiger partial charge in [-0.15, -0.1) is 0 Å². The van der Waals surface area contributed by atoms with Gasteiger partial charge < -0.3 is 16.0 Å². The number of carbonyl (C=O) groups excluding carboxylic acids is 2. The van der Waals surface area contributed by atoms with E-state index >= 15 is 0 Å². The maximum absolute atomic E-state index is 13.8. The molecule has 0 aliphatic carbocycles. The number of nitrogens with one attached hydrogen (secondary N) is 3. The first-order chi connectivity index (χ1) is 11.2. The molecule has 0 fully saturated rings. The lowest BCUT2D eigenvalue weighted by Gasteiger charge is -2.12. The molecular weight excluding hydrogens is 316 g/mol. The van der Waals surface area contributed by atoms with Gasteiger partial charge in [-0.25, -0.2) is 13.6 Å². The SMILES string of the molecule is CC(=O)Nc1cc(NC(=O)Nc2cc(C)cc(C)c2)c(F)cc1F. The summed E-state index contributed by atoms with van der Waals surface area (Å²) in [7, 11) is 0. The molecule has 2 aromatic rings. The smallest absolute Gasteiger partial charge is 0.323 e. The van der Waals surface area contributed by atoms with Crippen molar-refractivity contribution >= 4 is 29.0 Å². The fourth-order valence-electron chi connectivity index (χ4n) is 2.26. The molecule has 0 bridgehead atoms. The highest BCUT2D eigenvalue weighted by Gasteiger charge is 2.13. The van der Waals surface area contributed by atoms with E-state index in [9.17, 15) is 18.4 Å². The molecule has 0 aromatic heterocycles. The standard InChI is InChI=1S/C17H17F2N3O2/c1-9-4-10(2)6-12(5-9)21-17(24)22-16-8-15(20-11(3)23)13(18)7-14(16)19/h4-8H,1-3H3,(H,20,23)(H2,21,22,24). The highest BCUT2D eigenvalue weighted by Crippen LogP contribution is 2.24. The maximum atomic E-state index is 13.8. The second kappa shape index (κ2) is 7.08. The molecule has 0 unspecified atom stereocenters. The number of benzene rings is 2. The number of halogens is 2. The third-order valence-electron chi connectivity index (χ3n) is 3.10. The van der Waals surface area contributed by atoms with Gasteiger partial charge in [0.2, 0.25) is 5.91 Å². The first-order valence-corrected chi connectivity index (χ1v) is 7.17. The van der Waals surface area contributed by atoms with Crippen LogP contribution in [0.1, 0.15) is 18.1 Å². The number of amides is 3. The molecule has 0 saturated carbocycles. The van der Waals surface area contributed by atoms with Crippen molar-refractivity contribution in [1.82, 2.24) is 0 Å². The van der Waals surface area contributed by atoms with Gasteiger partial charge >= 0.3 is 6.03 Å².